The van der Waals surface area contributed by atoms with Crippen LogP contribution in [-0.2, 0) is 0 Å². The molecular formula is C10H12N4. The highest BCUT2D eigenvalue weighted by Gasteiger charge is 2.23. The lowest BCUT2D eigenvalue weighted by molar-refractivity contribution is 0.404. The molecule has 1 aliphatic carbocycles. The first-order valence-electron chi connectivity index (χ1n) is 4.94. The van der Waals surface area contributed by atoms with Gasteiger partial charge in [-0.05, 0) is 18.9 Å². The third-order valence-electron chi connectivity index (χ3n) is 2.93. The number of hydrogen-bond acceptors (Lipinski definition) is 3. The van der Waals surface area contributed by atoms with E-state index in [9.17, 15) is 0 Å². The number of anilines is 1. The van der Waals surface area contributed by atoms with Crippen molar-refractivity contribution in [3.63, 3.8) is 0 Å². The van der Waals surface area contributed by atoms with E-state index in [1.54, 1.807) is 12.3 Å². The van der Waals surface area contributed by atoms with Gasteiger partial charge in [0.25, 0.3) is 0 Å². The SMILES string of the molecule is Nc1ccnc2nc(C3CCC3)[nH]c12. The summed E-state index contributed by atoms with van der Waals surface area (Å²) in [6, 6.07) is 1.80. The Morgan fingerprint density at radius 1 is 1.43 bits per heavy atom. The van der Waals surface area contributed by atoms with Crippen molar-refractivity contribution in [1.82, 2.24) is 15.0 Å². The molecule has 2 aromatic heterocycles. The highest BCUT2D eigenvalue weighted by molar-refractivity contribution is 5.83. The highest BCUT2D eigenvalue weighted by atomic mass is 15.0. The number of aromatic amines is 1. The van der Waals surface area contributed by atoms with Crippen molar-refractivity contribution in [3.8, 4) is 0 Å². The van der Waals surface area contributed by atoms with Crippen molar-refractivity contribution in [3.05, 3.63) is 18.1 Å². The average Bonchev–Trinajstić information content (AvgIpc) is 2.46. The third-order valence-corrected chi connectivity index (χ3v) is 2.93. The van der Waals surface area contributed by atoms with E-state index in [0.717, 1.165) is 22.7 Å². The van der Waals surface area contributed by atoms with Crippen molar-refractivity contribution >= 4 is 16.9 Å². The Hall–Kier alpha value is -1.58. The summed E-state index contributed by atoms with van der Waals surface area (Å²) in [7, 11) is 0. The standard InChI is InChI=1S/C10H12N4/c11-7-4-5-12-10-8(7)13-9(14-10)6-2-1-3-6/h4-6H,1-3H2,(H3,11,12,13,14). The Labute approximate surface area is 81.6 Å². The second-order valence-electron chi connectivity index (χ2n) is 3.85. The van der Waals surface area contributed by atoms with Crippen LogP contribution in [0.25, 0.3) is 11.2 Å². The number of pyridine rings is 1. The molecule has 0 amide bonds. The van der Waals surface area contributed by atoms with Crippen LogP contribution in [0.1, 0.15) is 31.0 Å². The molecule has 0 radical (unpaired) electrons. The molecule has 4 heteroatoms. The Morgan fingerprint density at radius 2 is 2.29 bits per heavy atom. The van der Waals surface area contributed by atoms with Crippen LogP contribution in [0.15, 0.2) is 12.3 Å². The molecule has 2 heterocycles. The summed E-state index contributed by atoms with van der Waals surface area (Å²) >= 11 is 0. The van der Waals surface area contributed by atoms with E-state index in [4.69, 9.17) is 5.73 Å². The van der Waals surface area contributed by atoms with Crippen molar-refractivity contribution in [2.45, 2.75) is 25.2 Å². The lowest BCUT2D eigenvalue weighted by atomic mass is 9.85. The van der Waals surface area contributed by atoms with E-state index in [0.29, 0.717) is 5.92 Å². The summed E-state index contributed by atoms with van der Waals surface area (Å²) in [5.41, 5.74) is 8.17. The molecule has 14 heavy (non-hydrogen) atoms. The maximum absolute atomic E-state index is 5.82. The van der Waals surface area contributed by atoms with Gasteiger partial charge in [0.2, 0.25) is 0 Å². The molecule has 2 aromatic rings. The number of fused-ring (bicyclic) bond motifs is 1. The molecule has 1 fully saturated rings. The lowest BCUT2D eigenvalue weighted by Gasteiger charge is -2.22. The van der Waals surface area contributed by atoms with E-state index < -0.39 is 0 Å². The van der Waals surface area contributed by atoms with Crippen LogP contribution in [-0.4, -0.2) is 15.0 Å². The van der Waals surface area contributed by atoms with Crippen LogP contribution in [0.4, 0.5) is 5.69 Å². The zero-order valence-electron chi connectivity index (χ0n) is 7.83. The maximum Gasteiger partial charge on any atom is 0.179 e. The monoisotopic (exact) mass is 188 g/mol. The number of hydrogen-bond donors (Lipinski definition) is 2. The zero-order chi connectivity index (χ0) is 9.54. The summed E-state index contributed by atoms with van der Waals surface area (Å²) < 4.78 is 0. The van der Waals surface area contributed by atoms with Gasteiger partial charge in [-0.3, -0.25) is 0 Å². The number of nitrogen functional groups attached to an aromatic ring is 1. The van der Waals surface area contributed by atoms with Gasteiger partial charge in [-0.15, -0.1) is 0 Å². The summed E-state index contributed by atoms with van der Waals surface area (Å²) in [5, 5.41) is 0. The van der Waals surface area contributed by atoms with Gasteiger partial charge in [-0.1, -0.05) is 6.42 Å². The molecule has 0 aliphatic heterocycles. The normalized spacial score (nSPS) is 17.1. The predicted octanol–water partition coefficient (Wildman–Crippen LogP) is 1.81. The summed E-state index contributed by atoms with van der Waals surface area (Å²) in [5.74, 6) is 1.65. The molecule has 4 nitrogen and oxygen atoms in total. The first kappa shape index (κ1) is 7.79. The van der Waals surface area contributed by atoms with Crippen LogP contribution < -0.4 is 5.73 Å². The number of nitrogens with two attached hydrogens (primary N) is 1. The van der Waals surface area contributed by atoms with Gasteiger partial charge in [0.05, 0.1) is 5.69 Å². The fourth-order valence-corrected chi connectivity index (χ4v) is 1.82. The van der Waals surface area contributed by atoms with Crippen molar-refractivity contribution in [1.29, 1.82) is 0 Å². The number of nitrogens with one attached hydrogen (secondary N) is 1. The van der Waals surface area contributed by atoms with Gasteiger partial charge < -0.3 is 10.7 Å². The molecule has 3 N–H and O–H groups in total. The van der Waals surface area contributed by atoms with Gasteiger partial charge in [-0.25, -0.2) is 9.97 Å². The van der Waals surface area contributed by atoms with Gasteiger partial charge in [-0.2, -0.15) is 0 Å². The molecule has 0 aromatic carbocycles. The average molecular weight is 188 g/mol. The van der Waals surface area contributed by atoms with Crippen LogP contribution in [0, 0.1) is 0 Å². The first-order chi connectivity index (χ1) is 6.84. The molecule has 72 valence electrons. The second kappa shape index (κ2) is 2.70. The van der Waals surface area contributed by atoms with Crippen molar-refractivity contribution in [2.24, 2.45) is 0 Å². The second-order valence-corrected chi connectivity index (χ2v) is 3.85. The van der Waals surface area contributed by atoms with Crippen LogP contribution in [0.3, 0.4) is 0 Å². The molecule has 0 unspecified atom stereocenters. The van der Waals surface area contributed by atoms with E-state index in [1.807, 2.05) is 0 Å². The number of aromatic nitrogens is 3. The largest absolute Gasteiger partial charge is 0.397 e. The minimum Gasteiger partial charge on any atom is -0.397 e. The predicted molar refractivity (Wildman–Crippen MR) is 54.9 cm³/mol. The molecule has 0 bridgehead atoms. The molecule has 0 saturated heterocycles. The van der Waals surface area contributed by atoms with Crippen molar-refractivity contribution < 1.29 is 0 Å². The van der Waals surface area contributed by atoms with E-state index in [2.05, 4.69) is 15.0 Å². The summed E-state index contributed by atoms with van der Waals surface area (Å²) in [4.78, 5) is 11.9. The number of rotatable bonds is 1. The molecule has 0 spiro atoms. The van der Waals surface area contributed by atoms with Crippen LogP contribution in [0.2, 0.25) is 0 Å². The maximum atomic E-state index is 5.82. The lowest BCUT2D eigenvalue weighted by Crippen LogP contribution is -2.10. The zero-order valence-corrected chi connectivity index (χ0v) is 7.83. The number of nitrogens with zero attached hydrogens (tertiary/aromatic N) is 2. The van der Waals surface area contributed by atoms with Gasteiger partial charge in [0.15, 0.2) is 5.65 Å². The van der Waals surface area contributed by atoms with E-state index >= 15 is 0 Å². The minimum absolute atomic E-state index is 0.601. The molecular weight excluding hydrogens is 176 g/mol. The highest BCUT2D eigenvalue weighted by Crippen LogP contribution is 2.35. The fourth-order valence-electron chi connectivity index (χ4n) is 1.82. The van der Waals surface area contributed by atoms with Gasteiger partial charge in [0.1, 0.15) is 11.3 Å². The van der Waals surface area contributed by atoms with E-state index in [1.165, 1.54) is 19.3 Å². The molecule has 0 atom stereocenters. The first-order valence-corrected chi connectivity index (χ1v) is 4.94. The minimum atomic E-state index is 0.601. The Bertz CT molecular complexity index is 470. The molecule has 1 saturated carbocycles. The molecule has 1 aliphatic rings. The quantitative estimate of drug-likeness (QED) is 0.717. The van der Waals surface area contributed by atoms with Gasteiger partial charge >= 0.3 is 0 Å². The topological polar surface area (TPSA) is 67.6 Å². The fraction of sp³-hybridized carbons (Fsp3) is 0.400. The smallest absolute Gasteiger partial charge is 0.179 e. The number of imidazole rings is 1. The van der Waals surface area contributed by atoms with Crippen molar-refractivity contribution in [2.75, 3.05) is 5.73 Å². The number of H-pyrrole nitrogens is 1. The Morgan fingerprint density at radius 3 is 2.93 bits per heavy atom. The Balaban J connectivity index is 2.15. The Kier molecular flexibility index (Phi) is 1.50. The summed E-state index contributed by atoms with van der Waals surface area (Å²) in [6.07, 6.45) is 5.48. The van der Waals surface area contributed by atoms with Crippen LogP contribution >= 0.6 is 0 Å². The molecule has 3 rings (SSSR count). The van der Waals surface area contributed by atoms with E-state index in [-0.39, 0.29) is 0 Å². The summed E-state index contributed by atoms with van der Waals surface area (Å²) in [6.45, 7) is 0. The van der Waals surface area contributed by atoms with Gasteiger partial charge in [0, 0.05) is 12.1 Å². The third kappa shape index (κ3) is 0.999. The van der Waals surface area contributed by atoms with Crippen LogP contribution in [0.5, 0.6) is 0 Å².